The maximum Gasteiger partial charge on any atom is 0.344 e. The quantitative estimate of drug-likeness (QED) is 0.833. The summed E-state index contributed by atoms with van der Waals surface area (Å²) in [5, 5.41) is 2.67. The van der Waals surface area contributed by atoms with Gasteiger partial charge in [-0.3, -0.25) is 4.79 Å². The molecule has 5 heteroatoms. The number of hydrogen-bond donors (Lipinski definition) is 1. The Labute approximate surface area is 135 Å². The van der Waals surface area contributed by atoms with Gasteiger partial charge >= 0.3 is 5.97 Å². The van der Waals surface area contributed by atoms with E-state index >= 15 is 0 Å². The Bertz CT molecular complexity index is 670. The molecule has 0 radical (unpaired) electrons. The van der Waals surface area contributed by atoms with Gasteiger partial charge in [0, 0.05) is 5.69 Å². The molecule has 2 aromatic carbocycles. The summed E-state index contributed by atoms with van der Waals surface area (Å²) in [6.45, 7) is 3.16. The van der Waals surface area contributed by atoms with Crippen LogP contribution in [0.5, 0.6) is 5.75 Å². The maximum atomic E-state index is 11.9. The molecule has 0 bridgehead atoms. The molecular formula is C18H19NO4. The Balaban J connectivity index is 1.80. The number of nitrogens with one attached hydrogen (secondary N) is 1. The molecule has 0 fully saturated rings. The highest BCUT2D eigenvalue weighted by molar-refractivity contribution is 5.95. The van der Waals surface area contributed by atoms with Gasteiger partial charge < -0.3 is 14.8 Å². The average molecular weight is 313 g/mol. The van der Waals surface area contributed by atoms with Crippen LogP contribution in [0, 0.1) is 6.92 Å². The first-order valence-electron chi connectivity index (χ1n) is 7.30. The highest BCUT2D eigenvalue weighted by atomic mass is 16.6. The van der Waals surface area contributed by atoms with Crippen molar-refractivity contribution < 1.29 is 19.1 Å². The Hall–Kier alpha value is -2.82. The number of carbonyl (C=O) groups is 2. The lowest BCUT2D eigenvalue weighted by molar-refractivity contribution is -0.155. The van der Waals surface area contributed by atoms with Gasteiger partial charge in [0.15, 0.2) is 12.7 Å². The predicted octanol–water partition coefficient (Wildman–Crippen LogP) is 2.94. The molecule has 2 aromatic rings. The van der Waals surface area contributed by atoms with Gasteiger partial charge in [0.05, 0.1) is 0 Å². The molecule has 1 atom stereocenters. The number of benzene rings is 2. The van der Waals surface area contributed by atoms with E-state index in [1.807, 2.05) is 43.3 Å². The Morgan fingerprint density at radius 3 is 2.39 bits per heavy atom. The van der Waals surface area contributed by atoms with Crippen molar-refractivity contribution in [1.29, 1.82) is 0 Å². The first-order chi connectivity index (χ1) is 11.1. The number of amides is 1. The lowest BCUT2D eigenvalue weighted by atomic mass is 10.2. The number of esters is 1. The van der Waals surface area contributed by atoms with E-state index in [1.54, 1.807) is 18.2 Å². The summed E-state index contributed by atoms with van der Waals surface area (Å²) < 4.78 is 10.5. The van der Waals surface area contributed by atoms with Crippen molar-refractivity contribution in [1.82, 2.24) is 0 Å². The SMILES string of the molecule is Cc1ccccc1OCC(=O)O[C@@H](C)C(=O)Nc1ccccc1. The largest absolute Gasteiger partial charge is 0.482 e. The van der Waals surface area contributed by atoms with Crippen molar-refractivity contribution in [3.05, 3.63) is 60.2 Å². The minimum absolute atomic E-state index is 0.242. The summed E-state index contributed by atoms with van der Waals surface area (Å²) in [6.07, 6.45) is -0.900. The Morgan fingerprint density at radius 2 is 1.70 bits per heavy atom. The molecule has 1 N–H and O–H groups in total. The molecule has 120 valence electrons. The van der Waals surface area contributed by atoms with E-state index in [9.17, 15) is 9.59 Å². The van der Waals surface area contributed by atoms with Crippen LogP contribution in [0.4, 0.5) is 5.69 Å². The number of carbonyl (C=O) groups excluding carboxylic acids is 2. The van der Waals surface area contributed by atoms with Crippen LogP contribution in [-0.2, 0) is 14.3 Å². The normalized spacial score (nSPS) is 11.4. The standard InChI is InChI=1S/C18H19NO4/c1-13-8-6-7-11-16(13)22-12-17(20)23-14(2)18(21)19-15-9-4-3-5-10-15/h3-11,14H,12H2,1-2H3,(H,19,21)/t14-/m0/s1. The van der Waals surface area contributed by atoms with Crippen molar-refractivity contribution in [2.45, 2.75) is 20.0 Å². The third-order valence-corrected chi connectivity index (χ3v) is 3.16. The van der Waals surface area contributed by atoms with Crippen LogP contribution < -0.4 is 10.1 Å². The van der Waals surface area contributed by atoms with E-state index in [0.29, 0.717) is 11.4 Å². The fourth-order valence-electron chi connectivity index (χ4n) is 1.91. The lowest BCUT2D eigenvalue weighted by Crippen LogP contribution is -2.31. The highest BCUT2D eigenvalue weighted by Crippen LogP contribution is 2.16. The number of rotatable bonds is 6. The highest BCUT2D eigenvalue weighted by Gasteiger charge is 2.18. The second-order valence-electron chi connectivity index (χ2n) is 5.04. The van der Waals surface area contributed by atoms with Crippen LogP contribution in [0.25, 0.3) is 0 Å². The van der Waals surface area contributed by atoms with E-state index in [2.05, 4.69) is 5.32 Å². The minimum atomic E-state index is -0.900. The first kappa shape index (κ1) is 16.5. The van der Waals surface area contributed by atoms with E-state index in [0.717, 1.165) is 5.56 Å². The number of anilines is 1. The molecule has 0 aliphatic rings. The average Bonchev–Trinajstić information content (AvgIpc) is 2.55. The van der Waals surface area contributed by atoms with Crippen LogP contribution in [0.2, 0.25) is 0 Å². The summed E-state index contributed by atoms with van der Waals surface area (Å²) in [5.74, 6) is -0.366. The van der Waals surface area contributed by atoms with Crippen LogP contribution in [-0.4, -0.2) is 24.6 Å². The molecule has 1 amide bonds. The topological polar surface area (TPSA) is 64.6 Å². The molecule has 0 heterocycles. The van der Waals surface area contributed by atoms with Crippen LogP contribution in [0.15, 0.2) is 54.6 Å². The molecule has 0 saturated heterocycles. The van der Waals surface area contributed by atoms with Crippen molar-refractivity contribution >= 4 is 17.6 Å². The number of hydrogen-bond acceptors (Lipinski definition) is 4. The van der Waals surface area contributed by atoms with Gasteiger partial charge in [-0.15, -0.1) is 0 Å². The summed E-state index contributed by atoms with van der Waals surface area (Å²) in [6, 6.07) is 16.3. The summed E-state index contributed by atoms with van der Waals surface area (Å²) >= 11 is 0. The minimum Gasteiger partial charge on any atom is -0.482 e. The Morgan fingerprint density at radius 1 is 1.04 bits per heavy atom. The monoisotopic (exact) mass is 313 g/mol. The van der Waals surface area contributed by atoms with Crippen molar-refractivity contribution in [3.63, 3.8) is 0 Å². The van der Waals surface area contributed by atoms with E-state index in [1.165, 1.54) is 6.92 Å². The van der Waals surface area contributed by atoms with E-state index in [4.69, 9.17) is 9.47 Å². The Kier molecular flexibility index (Phi) is 5.74. The molecule has 0 aliphatic heterocycles. The van der Waals surface area contributed by atoms with Crippen LogP contribution in [0.3, 0.4) is 0 Å². The third-order valence-electron chi connectivity index (χ3n) is 3.16. The molecule has 0 aromatic heterocycles. The predicted molar refractivity (Wildman–Crippen MR) is 87.3 cm³/mol. The fraction of sp³-hybridized carbons (Fsp3) is 0.222. The zero-order valence-electron chi connectivity index (χ0n) is 13.1. The maximum absolute atomic E-state index is 11.9. The van der Waals surface area contributed by atoms with Crippen molar-refractivity contribution in [2.24, 2.45) is 0 Å². The van der Waals surface area contributed by atoms with Crippen LogP contribution >= 0.6 is 0 Å². The summed E-state index contributed by atoms with van der Waals surface area (Å²) in [5.41, 5.74) is 1.58. The fourth-order valence-corrected chi connectivity index (χ4v) is 1.91. The lowest BCUT2D eigenvalue weighted by Gasteiger charge is -2.14. The van der Waals surface area contributed by atoms with Crippen LogP contribution in [0.1, 0.15) is 12.5 Å². The summed E-state index contributed by atoms with van der Waals surface area (Å²) in [4.78, 5) is 23.7. The van der Waals surface area contributed by atoms with Gasteiger partial charge in [-0.05, 0) is 37.6 Å². The zero-order valence-corrected chi connectivity index (χ0v) is 13.1. The van der Waals surface area contributed by atoms with Gasteiger partial charge in [0.25, 0.3) is 5.91 Å². The third kappa shape index (κ3) is 5.14. The number of para-hydroxylation sites is 2. The molecule has 5 nitrogen and oxygen atoms in total. The molecule has 2 rings (SSSR count). The number of ether oxygens (including phenoxy) is 2. The van der Waals surface area contributed by atoms with Gasteiger partial charge in [-0.25, -0.2) is 4.79 Å². The molecule has 0 unspecified atom stereocenters. The first-order valence-corrected chi connectivity index (χ1v) is 7.30. The molecule has 0 spiro atoms. The molecule has 0 saturated carbocycles. The van der Waals surface area contributed by atoms with E-state index < -0.39 is 12.1 Å². The zero-order chi connectivity index (χ0) is 16.7. The smallest absolute Gasteiger partial charge is 0.344 e. The van der Waals surface area contributed by atoms with Gasteiger partial charge in [-0.2, -0.15) is 0 Å². The van der Waals surface area contributed by atoms with Gasteiger partial charge in [-0.1, -0.05) is 36.4 Å². The van der Waals surface area contributed by atoms with Gasteiger partial charge in [0.2, 0.25) is 0 Å². The van der Waals surface area contributed by atoms with Gasteiger partial charge in [0.1, 0.15) is 5.75 Å². The van der Waals surface area contributed by atoms with Crippen molar-refractivity contribution in [3.8, 4) is 5.75 Å². The second kappa shape index (κ2) is 7.98. The second-order valence-corrected chi connectivity index (χ2v) is 5.04. The molecule has 23 heavy (non-hydrogen) atoms. The van der Waals surface area contributed by atoms with E-state index in [-0.39, 0.29) is 12.5 Å². The molecule has 0 aliphatic carbocycles. The summed E-state index contributed by atoms with van der Waals surface area (Å²) in [7, 11) is 0. The number of aryl methyl sites for hydroxylation is 1. The molecular weight excluding hydrogens is 294 g/mol. The van der Waals surface area contributed by atoms with Crippen molar-refractivity contribution in [2.75, 3.05) is 11.9 Å².